The molecule has 1 aromatic heterocycles. The van der Waals surface area contributed by atoms with Crippen molar-refractivity contribution in [2.24, 2.45) is 7.05 Å². The Bertz CT molecular complexity index is 775. The number of nitrogens with zero attached hydrogens (tertiary/aromatic N) is 5. The standard InChI is InChI=1S/C16H16F3N5/c1-23-10-21-22-15(23)11-3-2-6-24(9-11)13-4-5-14(16(17,18)19)12(7-13)8-20/h4-5,7,10-11H,2-3,6,9H2,1H3/t11-/m1/s1. The zero-order valence-electron chi connectivity index (χ0n) is 13.1. The highest BCUT2D eigenvalue weighted by molar-refractivity contribution is 5.55. The van der Waals surface area contributed by atoms with E-state index in [1.165, 1.54) is 12.1 Å². The van der Waals surface area contributed by atoms with E-state index in [0.717, 1.165) is 31.3 Å². The molecule has 1 aliphatic heterocycles. The summed E-state index contributed by atoms with van der Waals surface area (Å²) in [4.78, 5) is 2.00. The zero-order valence-corrected chi connectivity index (χ0v) is 13.1. The van der Waals surface area contributed by atoms with Gasteiger partial charge in [-0.2, -0.15) is 18.4 Å². The van der Waals surface area contributed by atoms with Gasteiger partial charge in [0.25, 0.3) is 0 Å². The average molecular weight is 335 g/mol. The minimum Gasteiger partial charge on any atom is -0.371 e. The van der Waals surface area contributed by atoms with E-state index in [9.17, 15) is 13.2 Å². The second kappa shape index (κ2) is 6.15. The van der Waals surface area contributed by atoms with Gasteiger partial charge in [-0.1, -0.05) is 0 Å². The van der Waals surface area contributed by atoms with Crippen molar-refractivity contribution >= 4 is 5.69 Å². The smallest absolute Gasteiger partial charge is 0.371 e. The topological polar surface area (TPSA) is 57.7 Å². The molecule has 1 fully saturated rings. The molecule has 0 bridgehead atoms. The minimum absolute atomic E-state index is 0.166. The van der Waals surface area contributed by atoms with Crippen LogP contribution >= 0.6 is 0 Å². The van der Waals surface area contributed by atoms with Crippen molar-refractivity contribution in [1.82, 2.24) is 14.8 Å². The normalized spacial score (nSPS) is 18.5. The summed E-state index contributed by atoms with van der Waals surface area (Å²) in [6.45, 7) is 1.38. The van der Waals surface area contributed by atoms with Crippen LogP contribution in [0.15, 0.2) is 24.5 Å². The number of aryl methyl sites for hydroxylation is 1. The molecule has 0 unspecified atom stereocenters. The number of rotatable bonds is 2. The highest BCUT2D eigenvalue weighted by Crippen LogP contribution is 2.35. The predicted octanol–water partition coefficient (Wildman–Crippen LogP) is 3.09. The number of aromatic nitrogens is 3. The Balaban J connectivity index is 1.86. The number of hydrogen-bond donors (Lipinski definition) is 0. The second-order valence-electron chi connectivity index (χ2n) is 5.92. The van der Waals surface area contributed by atoms with E-state index in [-0.39, 0.29) is 11.5 Å². The van der Waals surface area contributed by atoms with E-state index >= 15 is 0 Å². The van der Waals surface area contributed by atoms with E-state index in [1.54, 1.807) is 12.4 Å². The van der Waals surface area contributed by atoms with E-state index in [1.807, 2.05) is 16.5 Å². The molecule has 1 atom stereocenters. The molecule has 2 heterocycles. The number of piperidine rings is 1. The maximum Gasteiger partial charge on any atom is 0.417 e. The van der Waals surface area contributed by atoms with Gasteiger partial charge >= 0.3 is 6.18 Å². The molecule has 0 N–H and O–H groups in total. The lowest BCUT2D eigenvalue weighted by molar-refractivity contribution is -0.137. The van der Waals surface area contributed by atoms with Crippen LogP contribution in [0, 0.1) is 11.3 Å². The fourth-order valence-corrected chi connectivity index (χ4v) is 3.15. The van der Waals surface area contributed by atoms with Gasteiger partial charge in [0.2, 0.25) is 0 Å². The van der Waals surface area contributed by atoms with Crippen molar-refractivity contribution in [2.45, 2.75) is 24.9 Å². The SMILES string of the molecule is Cn1cnnc1[C@@H]1CCCN(c2ccc(C(F)(F)F)c(C#N)c2)C1. The Hall–Kier alpha value is -2.56. The maximum atomic E-state index is 12.9. The number of halogens is 3. The van der Waals surface area contributed by atoms with Gasteiger partial charge in [0, 0.05) is 31.7 Å². The van der Waals surface area contributed by atoms with Crippen LogP contribution in [0.4, 0.5) is 18.9 Å². The summed E-state index contributed by atoms with van der Waals surface area (Å²) in [6.07, 6.45) is -1.03. The molecule has 2 aromatic rings. The Morgan fingerprint density at radius 2 is 2.12 bits per heavy atom. The highest BCUT2D eigenvalue weighted by Gasteiger charge is 2.34. The highest BCUT2D eigenvalue weighted by atomic mass is 19.4. The number of anilines is 1. The zero-order chi connectivity index (χ0) is 17.3. The van der Waals surface area contributed by atoms with E-state index < -0.39 is 11.7 Å². The quantitative estimate of drug-likeness (QED) is 0.846. The number of benzene rings is 1. The summed E-state index contributed by atoms with van der Waals surface area (Å²) < 4.78 is 40.6. The van der Waals surface area contributed by atoms with Crippen LogP contribution < -0.4 is 4.90 Å². The lowest BCUT2D eigenvalue weighted by atomic mass is 9.96. The van der Waals surface area contributed by atoms with Crippen molar-refractivity contribution in [3.05, 3.63) is 41.5 Å². The van der Waals surface area contributed by atoms with Gasteiger partial charge in [-0.25, -0.2) is 0 Å². The van der Waals surface area contributed by atoms with Gasteiger partial charge < -0.3 is 9.47 Å². The van der Waals surface area contributed by atoms with Crippen LogP contribution in [-0.2, 0) is 13.2 Å². The molecule has 126 valence electrons. The fraction of sp³-hybridized carbons (Fsp3) is 0.438. The van der Waals surface area contributed by atoms with Crippen molar-refractivity contribution in [2.75, 3.05) is 18.0 Å². The van der Waals surface area contributed by atoms with Gasteiger partial charge in [0.1, 0.15) is 12.2 Å². The van der Waals surface area contributed by atoms with E-state index in [0.29, 0.717) is 12.2 Å². The molecule has 1 saturated heterocycles. The van der Waals surface area contributed by atoms with Gasteiger partial charge in [0.05, 0.1) is 17.2 Å². The molecule has 0 aliphatic carbocycles. The first kappa shape index (κ1) is 16.3. The van der Waals surface area contributed by atoms with Gasteiger partial charge in [-0.05, 0) is 31.0 Å². The van der Waals surface area contributed by atoms with Crippen molar-refractivity contribution in [3.8, 4) is 6.07 Å². The Kier molecular flexibility index (Phi) is 4.18. The largest absolute Gasteiger partial charge is 0.417 e. The molecule has 3 rings (SSSR count). The Morgan fingerprint density at radius 1 is 1.33 bits per heavy atom. The first-order chi connectivity index (χ1) is 11.4. The molecule has 5 nitrogen and oxygen atoms in total. The summed E-state index contributed by atoms with van der Waals surface area (Å²) in [6, 6.07) is 5.40. The number of alkyl halides is 3. The number of nitriles is 1. The summed E-state index contributed by atoms with van der Waals surface area (Å²) >= 11 is 0. The third-order valence-electron chi connectivity index (χ3n) is 4.33. The fourth-order valence-electron chi connectivity index (χ4n) is 3.15. The van der Waals surface area contributed by atoms with Crippen molar-refractivity contribution < 1.29 is 13.2 Å². The van der Waals surface area contributed by atoms with E-state index in [2.05, 4.69) is 10.2 Å². The molecular formula is C16H16F3N5. The molecule has 1 aliphatic rings. The molecule has 0 spiro atoms. The summed E-state index contributed by atoms with van der Waals surface area (Å²) in [5, 5.41) is 17.1. The summed E-state index contributed by atoms with van der Waals surface area (Å²) in [5.74, 6) is 1.03. The first-order valence-electron chi connectivity index (χ1n) is 7.60. The summed E-state index contributed by atoms with van der Waals surface area (Å²) in [7, 11) is 1.88. The minimum atomic E-state index is -4.52. The van der Waals surface area contributed by atoms with Gasteiger partial charge in [-0.15, -0.1) is 10.2 Å². The molecular weight excluding hydrogens is 319 g/mol. The maximum absolute atomic E-state index is 12.9. The van der Waals surface area contributed by atoms with Crippen LogP contribution in [0.2, 0.25) is 0 Å². The molecule has 0 radical (unpaired) electrons. The predicted molar refractivity (Wildman–Crippen MR) is 81.4 cm³/mol. The van der Waals surface area contributed by atoms with Crippen LogP contribution in [0.1, 0.15) is 35.7 Å². The number of hydrogen-bond acceptors (Lipinski definition) is 4. The Morgan fingerprint density at radius 3 is 2.75 bits per heavy atom. The average Bonchev–Trinajstić information content (AvgIpc) is 2.99. The second-order valence-corrected chi connectivity index (χ2v) is 5.92. The van der Waals surface area contributed by atoms with Crippen molar-refractivity contribution in [1.29, 1.82) is 5.26 Å². The Labute approximate surface area is 137 Å². The van der Waals surface area contributed by atoms with Gasteiger partial charge in [-0.3, -0.25) is 0 Å². The summed E-state index contributed by atoms with van der Waals surface area (Å²) in [5.41, 5.74) is -0.609. The van der Waals surface area contributed by atoms with Crippen LogP contribution in [0.5, 0.6) is 0 Å². The van der Waals surface area contributed by atoms with Crippen LogP contribution in [0.25, 0.3) is 0 Å². The van der Waals surface area contributed by atoms with Gasteiger partial charge in [0.15, 0.2) is 0 Å². The lowest BCUT2D eigenvalue weighted by Gasteiger charge is -2.34. The third kappa shape index (κ3) is 3.07. The molecule has 0 amide bonds. The van der Waals surface area contributed by atoms with Crippen LogP contribution in [0.3, 0.4) is 0 Å². The molecule has 8 heteroatoms. The van der Waals surface area contributed by atoms with E-state index in [4.69, 9.17) is 5.26 Å². The van der Waals surface area contributed by atoms with Crippen LogP contribution in [-0.4, -0.2) is 27.9 Å². The molecule has 0 saturated carbocycles. The third-order valence-corrected chi connectivity index (χ3v) is 4.33. The monoisotopic (exact) mass is 335 g/mol. The molecule has 1 aromatic carbocycles. The molecule has 24 heavy (non-hydrogen) atoms. The first-order valence-corrected chi connectivity index (χ1v) is 7.60. The lowest BCUT2D eigenvalue weighted by Crippen LogP contribution is -2.35. The van der Waals surface area contributed by atoms with Crippen molar-refractivity contribution in [3.63, 3.8) is 0 Å².